The Morgan fingerprint density at radius 1 is 1.14 bits per heavy atom. The van der Waals surface area contributed by atoms with E-state index in [2.05, 4.69) is 0 Å². The van der Waals surface area contributed by atoms with Crippen molar-refractivity contribution < 1.29 is 14.6 Å². The first-order valence-electron chi connectivity index (χ1n) is 6.91. The summed E-state index contributed by atoms with van der Waals surface area (Å²) in [6.45, 7) is 2.40. The summed E-state index contributed by atoms with van der Waals surface area (Å²) in [7, 11) is 1.63. The summed E-state index contributed by atoms with van der Waals surface area (Å²) < 4.78 is 11.1. The second-order valence-corrected chi connectivity index (χ2v) is 5.11. The summed E-state index contributed by atoms with van der Waals surface area (Å²) >= 11 is 0. The van der Waals surface area contributed by atoms with Crippen molar-refractivity contribution in [2.75, 3.05) is 7.11 Å². The number of phenols is 1. The van der Waals surface area contributed by atoms with Gasteiger partial charge < -0.3 is 20.3 Å². The van der Waals surface area contributed by atoms with E-state index in [0.29, 0.717) is 6.61 Å². The summed E-state index contributed by atoms with van der Waals surface area (Å²) in [6, 6.07) is 12.8. The van der Waals surface area contributed by atoms with E-state index in [-0.39, 0.29) is 11.8 Å². The lowest BCUT2D eigenvalue weighted by molar-refractivity contribution is 0.299. The van der Waals surface area contributed by atoms with Crippen molar-refractivity contribution in [2.45, 2.75) is 26.0 Å². The van der Waals surface area contributed by atoms with Crippen molar-refractivity contribution in [3.63, 3.8) is 0 Å². The predicted molar refractivity (Wildman–Crippen MR) is 82.8 cm³/mol. The smallest absolute Gasteiger partial charge is 0.126 e. The van der Waals surface area contributed by atoms with Gasteiger partial charge in [0.15, 0.2) is 0 Å². The van der Waals surface area contributed by atoms with Gasteiger partial charge in [0.05, 0.1) is 7.11 Å². The Hall–Kier alpha value is -2.20. The van der Waals surface area contributed by atoms with E-state index in [9.17, 15) is 5.11 Å². The molecule has 4 heteroatoms. The minimum absolute atomic E-state index is 0.0643. The van der Waals surface area contributed by atoms with Crippen molar-refractivity contribution in [1.29, 1.82) is 0 Å². The lowest BCUT2D eigenvalue weighted by atomic mass is 10.1. The molecule has 1 unspecified atom stereocenters. The monoisotopic (exact) mass is 287 g/mol. The lowest BCUT2D eigenvalue weighted by Crippen LogP contribution is -2.18. The molecule has 0 aliphatic carbocycles. The van der Waals surface area contributed by atoms with E-state index >= 15 is 0 Å². The molecule has 0 fully saturated rings. The third-order valence-corrected chi connectivity index (χ3v) is 3.15. The molecule has 0 bridgehead atoms. The normalized spacial score (nSPS) is 12.0. The van der Waals surface area contributed by atoms with Gasteiger partial charge in [0, 0.05) is 12.1 Å². The number of phenolic OH excluding ortho intramolecular Hbond substituents is 1. The molecule has 21 heavy (non-hydrogen) atoms. The van der Waals surface area contributed by atoms with E-state index in [1.807, 2.05) is 37.3 Å². The SMILES string of the molecule is COc1ccc(CC(C)N)c(OCc2ccc(O)cc2)c1. The summed E-state index contributed by atoms with van der Waals surface area (Å²) in [5.41, 5.74) is 7.92. The van der Waals surface area contributed by atoms with Crippen LogP contribution in [-0.4, -0.2) is 18.3 Å². The Morgan fingerprint density at radius 3 is 2.48 bits per heavy atom. The van der Waals surface area contributed by atoms with Crippen molar-refractivity contribution in [3.05, 3.63) is 53.6 Å². The van der Waals surface area contributed by atoms with Crippen LogP contribution in [0.5, 0.6) is 17.2 Å². The second kappa shape index (κ2) is 6.99. The highest BCUT2D eigenvalue weighted by atomic mass is 16.5. The fourth-order valence-electron chi connectivity index (χ4n) is 2.06. The van der Waals surface area contributed by atoms with Gasteiger partial charge in [0.2, 0.25) is 0 Å². The number of methoxy groups -OCH3 is 1. The van der Waals surface area contributed by atoms with E-state index in [4.69, 9.17) is 15.2 Å². The van der Waals surface area contributed by atoms with Gasteiger partial charge in [-0.2, -0.15) is 0 Å². The Kier molecular flexibility index (Phi) is 5.06. The fourth-order valence-corrected chi connectivity index (χ4v) is 2.06. The van der Waals surface area contributed by atoms with Crippen LogP contribution in [0.4, 0.5) is 0 Å². The molecule has 112 valence electrons. The Morgan fingerprint density at radius 2 is 1.86 bits per heavy atom. The third kappa shape index (κ3) is 4.39. The van der Waals surface area contributed by atoms with Gasteiger partial charge in [-0.1, -0.05) is 18.2 Å². The highest BCUT2D eigenvalue weighted by Crippen LogP contribution is 2.26. The highest BCUT2D eigenvalue weighted by molar-refractivity contribution is 5.41. The van der Waals surface area contributed by atoms with Crippen molar-refractivity contribution >= 4 is 0 Å². The second-order valence-electron chi connectivity index (χ2n) is 5.11. The first kappa shape index (κ1) is 15.2. The van der Waals surface area contributed by atoms with Crippen LogP contribution in [0.1, 0.15) is 18.1 Å². The molecular formula is C17H21NO3. The van der Waals surface area contributed by atoms with Crippen molar-refractivity contribution in [1.82, 2.24) is 0 Å². The molecule has 0 aliphatic rings. The average Bonchev–Trinajstić information content (AvgIpc) is 2.47. The van der Waals surface area contributed by atoms with Crippen LogP contribution < -0.4 is 15.2 Å². The molecule has 0 amide bonds. The summed E-state index contributed by atoms with van der Waals surface area (Å²) in [6.07, 6.45) is 0.745. The van der Waals surface area contributed by atoms with Crippen LogP contribution >= 0.6 is 0 Å². The van der Waals surface area contributed by atoms with Crippen LogP contribution in [0.3, 0.4) is 0 Å². The average molecular weight is 287 g/mol. The minimum Gasteiger partial charge on any atom is -0.508 e. The van der Waals surface area contributed by atoms with E-state index in [0.717, 1.165) is 29.0 Å². The number of hydrogen-bond donors (Lipinski definition) is 2. The standard InChI is InChI=1S/C17H21NO3/c1-12(18)9-14-5-8-16(20-2)10-17(14)21-11-13-3-6-15(19)7-4-13/h3-8,10,12,19H,9,11,18H2,1-2H3. The molecule has 0 saturated carbocycles. The molecule has 1 atom stereocenters. The Labute approximate surface area is 125 Å². The van der Waals surface area contributed by atoms with E-state index < -0.39 is 0 Å². The van der Waals surface area contributed by atoms with Gasteiger partial charge in [-0.05, 0) is 42.7 Å². The molecule has 0 aliphatic heterocycles. The maximum Gasteiger partial charge on any atom is 0.126 e. The van der Waals surface area contributed by atoms with Gasteiger partial charge in [0.25, 0.3) is 0 Å². The van der Waals surface area contributed by atoms with E-state index in [1.54, 1.807) is 19.2 Å². The molecule has 0 spiro atoms. The Balaban J connectivity index is 2.14. The fraction of sp³-hybridized carbons (Fsp3) is 0.294. The van der Waals surface area contributed by atoms with Crippen LogP contribution in [0.2, 0.25) is 0 Å². The third-order valence-electron chi connectivity index (χ3n) is 3.15. The molecule has 0 saturated heterocycles. The molecule has 0 heterocycles. The van der Waals surface area contributed by atoms with Crippen LogP contribution in [0.15, 0.2) is 42.5 Å². The largest absolute Gasteiger partial charge is 0.508 e. The number of nitrogens with two attached hydrogens (primary N) is 1. The van der Waals surface area contributed by atoms with Gasteiger partial charge >= 0.3 is 0 Å². The maximum atomic E-state index is 9.28. The molecule has 2 rings (SSSR count). The number of aromatic hydroxyl groups is 1. The Bertz CT molecular complexity index is 579. The van der Waals surface area contributed by atoms with Gasteiger partial charge in [-0.15, -0.1) is 0 Å². The number of benzene rings is 2. The van der Waals surface area contributed by atoms with E-state index in [1.165, 1.54) is 0 Å². The quantitative estimate of drug-likeness (QED) is 0.857. The number of rotatable bonds is 6. The van der Waals surface area contributed by atoms with Crippen LogP contribution in [0.25, 0.3) is 0 Å². The zero-order valence-corrected chi connectivity index (χ0v) is 12.4. The van der Waals surface area contributed by atoms with Gasteiger partial charge in [-0.25, -0.2) is 0 Å². The van der Waals surface area contributed by atoms with Crippen molar-refractivity contribution in [3.8, 4) is 17.2 Å². The first-order valence-corrected chi connectivity index (χ1v) is 6.91. The first-order chi connectivity index (χ1) is 10.1. The van der Waals surface area contributed by atoms with Gasteiger partial charge in [-0.3, -0.25) is 0 Å². The topological polar surface area (TPSA) is 64.7 Å². The molecule has 2 aromatic rings. The van der Waals surface area contributed by atoms with Gasteiger partial charge in [0.1, 0.15) is 23.9 Å². The van der Waals surface area contributed by atoms with Crippen molar-refractivity contribution in [2.24, 2.45) is 5.73 Å². The maximum absolute atomic E-state index is 9.28. The predicted octanol–water partition coefficient (Wildman–Crippen LogP) is 2.87. The lowest BCUT2D eigenvalue weighted by Gasteiger charge is -2.14. The molecule has 0 radical (unpaired) electrons. The summed E-state index contributed by atoms with van der Waals surface area (Å²) in [5, 5.41) is 9.28. The summed E-state index contributed by atoms with van der Waals surface area (Å²) in [4.78, 5) is 0. The minimum atomic E-state index is 0.0643. The van der Waals surface area contributed by atoms with Crippen LogP contribution in [-0.2, 0) is 13.0 Å². The molecule has 3 N–H and O–H groups in total. The molecule has 2 aromatic carbocycles. The molecular weight excluding hydrogens is 266 g/mol. The number of hydrogen-bond acceptors (Lipinski definition) is 4. The zero-order valence-electron chi connectivity index (χ0n) is 12.4. The molecule has 0 aromatic heterocycles. The number of ether oxygens (including phenoxy) is 2. The van der Waals surface area contributed by atoms with Crippen LogP contribution in [0, 0.1) is 0 Å². The molecule has 4 nitrogen and oxygen atoms in total. The summed E-state index contributed by atoms with van der Waals surface area (Å²) in [5.74, 6) is 1.78. The highest BCUT2D eigenvalue weighted by Gasteiger charge is 2.08. The zero-order chi connectivity index (χ0) is 15.2.